The van der Waals surface area contributed by atoms with Crippen LogP contribution in [-0.2, 0) is 22.6 Å². The number of nitrogens with one attached hydrogen (secondary N) is 1. The van der Waals surface area contributed by atoms with Crippen molar-refractivity contribution in [3.63, 3.8) is 0 Å². The lowest BCUT2D eigenvalue weighted by Crippen LogP contribution is -2.50. The van der Waals surface area contributed by atoms with Gasteiger partial charge < -0.3 is 15.0 Å². The number of hydrogen-bond donors (Lipinski definition) is 1. The van der Waals surface area contributed by atoms with Gasteiger partial charge in [0.15, 0.2) is 6.61 Å². The van der Waals surface area contributed by atoms with E-state index in [9.17, 15) is 9.59 Å². The standard InChI is InChI=1S/C26H35BrN2O3/c1-6-20-12-13-24(22(27)14-20)32-17-25(30)29(16-21-11-9-8-10-19(21)5)23(7-2)26(31)28-15-18(3)4/h8-14,18,23H,6-7,15-17H2,1-5H3,(H,28,31)/t23-/m0/s1. The Balaban J connectivity index is 2.22. The van der Waals surface area contributed by atoms with E-state index in [0.29, 0.717) is 31.2 Å². The predicted molar refractivity (Wildman–Crippen MR) is 133 cm³/mol. The molecule has 6 heteroatoms. The molecule has 1 N–H and O–H groups in total. The van der Waals surface area contributed by atoms with Crippen molar-refractivity contribution >= 4 is 27.7 Å². The highest BCUT2D eigenvalue weighted by molar-refractivity contribution is 9.10. The summed E-state index contributed by atoms with van der Waals surface area (Å²) in [6.07, 6.45) is 1.45. The largest absolute Gasteiger partial charge is 0.483 e. The van der Waals surface area contributed by atoms with Crippen molar-refractivity contribution < 1.29 is 14.3 Å². The molecule has 0 aliphatic carbocycles. The zero-order valence-electron chi connectivity index (χ0n) is 19.8. The van der Waals surface area contributed by atoms with E-state index in [1.807, 2.05) is 70.2 Å². The second-order valence-corrected chi connectivity index (χ2v) is 9.27. The number of nitrogens with zero attached hydrogens (tertiary/aromatic N) is 1. The molecular formula is C26H35BrN2O3. The molecule has 0 bridgehead atoms. The summed E-state index contributed by atoms with van der Waals surface area (Å²) in [5, 5.41) is 2.98. The first-order valence-electron chi connectivity index (χ1n) is 11.3. The summed E-state index contributed by atoms with van der Waals surface area (Å²) < 4.78 is 6.67. The summed E-state index contributed by atoms with van der Waals surface area (Å²) in [5.74, 6) is 0.607. The van der Waals surface area contributed by atoms with Gasteiger partial charge in [0, 0.05) is 13.1 Å². The third-order valence-corrected chi connectivity index (χ3v) is 6.05. The topological polar surface area (TPSA) is 58.6 Å². The van der Waals surface area contributed by atoms with Crippen molar-refractivity contribution in [1.82, 2.24) is 10.2 Å². The number of aryl methyl sites for hydroxylation is 2. The number of hydrogen-bond acceptors (Lipinski definition) is 3. The van der Waals surface area contributed by atoms with Gasteiger partial charge in [-0.15, -0.1) is 0 Å². The van der Waals surface area contributed by atoms with Crippen LogP contribution in [-0.4, -0.2) is 35.9 Å². The van der Waals surface area contributed by atoms with E-state index < -0.39 is 6.04 Å². The van der Waals surface area contributed by atoms with Crippen molar-refractivity contribution in [2.45, 2.75) is 60.0 Å². The molecule has 0 aliphatic heterocycles. The molecule has 5 nitrogen and oxygen atoms in total. The van der Waals surface area contributed by atoms with Crippen LogP contribution in [0.5, 0.6) is 5.75 Å². The van der Waals surface area contributed by atoms with Crippen LogP contribution in [0.4, 0.5) is 0 Å². The van der Waals surface area contributed by atoms with Gasteiger partial charge in [-0.1, -0.05) is 58.0 Å². The molecule has 0 radical (unpaired) electrons. The first-order chi connectivity index (χ1) is 15.3. The lowest BCUT2D eigenvalue weighted by atomic mass is 10.1. The van der Waals surface area contributed by atoms with E-state index in [0.717, 1.165) is 22.0 Å². The van der Waals surface area contributed by atoms with Gasteiger partial charge >= 0.3 is 0 Å². The Morgan fingerprint density at radius 3 is 2.44 bits per heavy atom. The van der Waals surface area contributed by atoms with Gasteiger partial charge in [0.2, 0.25) is 5.91 Å². The molecule has 2 aromatic rings. The molecule has 0 heterocycles. The van der Waals surface area contributed by atoms with Crippen LogP contribution >= 0.6 is 15.9 Å². The van der Waals surface area contributed by atoms with Crippen molar-refractivity contribution in [3.8, 4) is 5.75 Å². The number of amides is 2. The highest BCUT2D eigenvalue weighted by Gasteiger charge is 2.29. The monoisotopic (exact) mass is 502 g/mol. The van der Waals surface area contributed by atoms with E-state index in [4.69, 9.17) is 4.74 Å². The minimum Gasteiger partial charge on any atom is -0.483 e. The molecule has 0 fully saturated rings. The normalized spacial score (nSPS) is 11.8. The Labute approximate surface area is 200 Å². The van der Waals surface area contributed by atoms with Gasteiger partial charge in [0.25, 0.3) is 5.91 Å². The smallest absolute Gasteiger partial charge is 0.261 e. The Morgan fingerprint density at radius 2 is 1.84 bits per heavy atom. The van der Waals surface area contributed by atoms with E-state index in [1.165, 1.54) is 5.56 Å². The minimum absolute atomic E-state index is 0.128. The van der Waals surface area contributed by atoms with Crippen molar-refractivity contribution in [1.29, 1.82) is 0 Å². The fraction of sp³-hybridized carbons (Fsp3) is 0.462. The fourth-order valence-corrected chi connectivity index (χ4v) is 3.96. The number of halogens is 1. The predicted octanol–water partition coefficient (Wildman–Crippen LogP) is 5.28. The van der Waals surface area contributed by atoms with E-state index in [-0.39, 0.29) is 18.4 Å². The zero-order chi connectivity index (χ0) is 23.7. The number of carbonyl (C=O) groups excluding carboxylic acids is 2. The van der Waals surface area contributed by atoms with E-state index >= 15 is 0 Å². The number of rotatable bonds is 11. The molecule has 2 aromatic carbocycles. The SMILES string of the molecule is CCc1ccc(OCC(=O)N(Cc2ccccc2C)[C@@H](CC)C(=O)NCC(C)C)c(Br)c1. The molecule has 0 saturated carbocycles. The van der Waals surface area contributed by atoms with Crippen LogP contribution in [0.25, 0.3) is 0 Å². The molecule has 0 aliphatic rings. The van der Waals surface area contributed by atoms with E-state index in [1.54, 1.807) is 4.90 Å². The Bertz CT molecular complexity index is 914. The Morgan fingerprint density at radius 1 is 1.12 bits per heavy atom. The fourth-order valence-electron chi connectivity index (χ4n) is 3.42. The number of carbonyl (C=O) groups is 2. The number of benzene rings is 2. The molecule has 32 heavy (non-hydrogen) atoms. The summed E-state index contributed by atoms with van der Waals surface area (Å²) in [6, 6.07) is 13.2. The van der Waals surface area contributed by atoms with Crippen LogP contribution < -0.4 is 10.1 Å². The third kappa shape index (κ3) is 7.37. The molecule has 0 aromatic heterocycles. The number of ether oxygens (including phenoxy) is 1. The van der Waals surface area contributed by atoms with Gasteiger partial charge in [0.1, 0.15) is 11.8 Å². The lowest BCUT2D eigenvalue weighted by molar-refractivity contribution is -0.143. The first kappa shape index (κ1) is 25.9. The van der Waals surface area contributed by atoms with Crippen molar-refractivity contribution in [2.24, 2.45) is 5.92 Å². The molecule has 0 spiro atoms. The molecular weight excluding hydrogens is 468 g/mol. The summed E-state index contributed by atoms with van der Waals surface area (Å²) in [7, 11) is 0. The van der Waals surface area contributed by atoms with Gasteiger partial charge in [-0.2, -0.15) is 0 Å². The van der Waals surface area contributed by atoms with Gasteiger partial charge in [-0.25, -0.2) is 0 Å². The maximum atomic E-state index is 13.3. The minimum atomic E-state index is -0.560. The quantitative estimate of drug-likeness (QED) is 0.454. The first-order valence-corrected chi connectivity index (χ1v) is 12.1. The molecule has 2 amide bonds. The van der Waals surface area contributed by atoms with Gasteiger partial charge in [0.05, 0.1) is 4.47 Å². The van der Waals surface area contributed by atoms with Gasteiger partial charge in [-0.3, -0.25) is 9.59 Å². The van der Waals surface area contributed by atoms with Crippen LogP contribution in [0.2, 0.25) is 0 Å². The average Bonchev–Trinajstić information content (AvgIpc) is 2.77. The molecule has 1 atom stereocenters. The third-order valence-electron chi connectivity index (χ3n) is 5.43. The Hall–Kier alpha value is -2.34. The molecule has 0 saturated heterocycles. The highest BCUT2D eigenvalue weighted by Crippen LogP contribution is 2.26. The van der Waals surface area contributed by atoms with Crippen molar-refractivity contribution in [3.05, 3.63) is 63.6 Å². The maximum absolute atomic E-state index is 13.3. The summed E-state index contributed by atoms with van der Waals surface area (Å²) in [5.41, 5.74) is 3.29. The summed E-state index contributed by atoms with van der Waals surface area (Å²) in [4.78, 5) is 27.9. The van der Waals surface area contributed by atoms with E-state index in [2.05, 4.69) is 28.2 Å². The second kappa shape index (κ2) is 12.6. The Kier molecular flexibility index (Phi) is 10.2. The highest BCUT2D eigenvalue weighted by atomic mass is 79.9. The van der Waals surface area contributed by atoms with Crippen molar-refractivity contribution in [2.75, 3.05) is 13.2 Å². The molecule has 174 valence electrons. The van der Waals surface area contributed by atoms with Crippen LogP contribution in [0, 0.1) is 12.8 Å². The molecule has 2 rings (SSSR count). The zero-order valence-corrected chi connectivity index (χ0v) is 21.4. The maximum Gasteiger partial charge on any atom is 0.261 e. The lowest BCUT2D eigenvalue weighted by Gasteiger charge is -2.31. The van der Waals surface area contributed by atoms with Gasteiger partial charge in [-0.05, 0) is 70.4 Å². The van der Waals surface area contributed by atoms with Crippen LogP contribution in [0.3, 0.4) is 0 Å². The van der Waals surface area contributed by atoms with Crippen LogP contribution in [0.15, 0.2) is 46.9 Å². The second-order valence-electron chi connectivity index (χ2n) is 8.42. The summed E-state index contributed by atoms with van der Waals surface area (Å²) >= 11 is 3.52. The average molecular weight is 503 g/mol. The van der Waals surface area contributed by atoms with Crippen LogP contribution in [0.1, 0.15) is 50.8 Å². The summed E-state index contributed by atoms with van der Waals surface area (Å²) in [6.45, 7) is 10.9. The molecule has 0 unspecified atom stereocenters.